The van der Waals surface area contributed by atoms with Crippen LogP contribution >= 0.6 is 0 Å². The van der Waals surface area contributed by atoms with Gasteiger partial charge >= 0.3 is 23.9 Å². The molecule has 5 aromatic rings. The van der Waals surface area contributed by atoms with E-state index in [0.29, 0.717) is 6.42 Å². The van der Waals surface area contributed by atoms with E-state index in [4.69, 9.17) is 18.9 Å². The van der Waals surface area contributed by atoms with E-state index >= 15 is 0 Å². The lowest BCUT2D eigenvalue weighted by molar-refractivity contribution is -0.182. The van der Waals surface area contributed by atoms with Crippen LogP contribution in [0.15, 0.2) is 103 Å². The lowest BCUT2D eigenvalue weighted by Crippen LogP contribution is -2.50. The first-order chi connectivity index (χ1) is 26.2. The Morgan fingerprint density at radius 2 is 1.00 bits per heavy atom. The van der Waals surface area contributed by atoms with Crippen molar-refractivity contribution in [3.63, 3.8) is 0 Å². The summed E-state index contributed by atoms with van der Waals surface area (Å²) in [4.78, 5) is 53.7. The highest BCUT2D eigenvalue weighted by Crippen LogP contribution is 2.65. The number of rotatable bonds is 9. The highest BCUT2D eigenvalue weighted by molar-refractivity contribution is 6.11. The smallest absolute Gasteiger partial charge is 0.313 e. The molecule has 5 aromatic carbocycles. The normalized spacial score (nSPS) is 22.4. The number of carbonyl (C=O) groups excluding carboxylic acids is 4. The molecule has 274 valence electrons. The molecule has 0 heterocycles. The minimum Gasteiger partial charge on any atom is -0.428 e. The first kappa shape index (κ1) is 35.1. The van der Waals surface area contributed by atoms with E-state index in [0.717, 1.165) is 59.9 Å². The largest absolute Gasteiger partial charge is 0.428 e. The Hall–Kier alpha value is -5.96. The molecule has 0 amide bonds. The molecular formula is C45H41NO8. The molecular weight excluding hydrogens is 682 g/mol. The summed E-state index contributed by atoms with van der Waals surface area (Å²) in [5.74, 6) is -5.30. The molecule has 0 aromatic heterocycles. The van der Waals surface area contributed by atoms with Crippen molar-refractivity contribution in [2.75, 3.05) is 32.6 Å². The number of fused-ring (bicyclic) bond motifs is 11. The average molecular weight is 724 g/mol. The summed E-state index contributed by atoms with van der Waals surface area (Å²) in [6, 6.07) is 35.8. The van der Waals surface area contributed by atoms with E-state index in [1.165, 1.54) is 13.8 Å². The third-order valence-electron chi connectivity index (χ3n) is 11.5. The van der Waals surface area contributed by atoms with Gasteiger partial charge in [-0.3, -0.25) is 19.2 Å². The molecule has 2 bridgehead atoms. The number of anilines is 1. The topological polar surface area (TPSA) is 108 Å². The summed E-state index contributed by atoms with van der Waals surface area (Å²) in [6.45, 7) is 1.36. The Labute approximate surface area is 312 Å². The Bertz CT molecular complexity index is 2440. The van der Waals surface area contributed by atoms with E-state index in [1.807, 2.05) is 50.5 Å². The summed E-state index contributed by atoms with van der Waals surface area (Å²) in [7, 11) is 4.08. The van der Waals surface area contributed by atoms with Crippen LogP contribution in [0.5, 0.6) is 0 Å². The first-order valence-electron chi connectivity index (χ1n) is 18.3. The lowest BCUT2D eigenvalue weighted by Gasteiger charge is -2.43. The van der Waals surface area contributed by atoms with E-state index < -0.39 is 49.3 Å². The zero-order valence-electron chi connectivity index (χ0n) is 30.6. The quantitative estimate of drug-likeness (QED) is 0.107. The van der Waals surface area contributed by atoms with Gasteiger partial charge in [0.15, 0.2) is 0 Å². The molecule has 0 N–H and O–H groups in total. The van der Waals surface area contributed by atoms with Gasteiger partial charge in [-0.25, -0.2) is 0 Å². The van der Waals surface area contributed by atoms with Gasteiger partial charge in [-0.2, -0.15) is 0 Å². The molecule has 2 fully saturated rings. The zero-order chi connectivity index (χ0) is 37.7. The summed E-state index contributed by atoms with van der Waals surface area (Å²) in [5, 5.41) is 6.71. The molecule has 54 heavy (non-hydrogen) atoms. The molecule has 6 atom stereocenters. The van der Waals surface area contributed by atoms with Gasteiger partial charge in [0.1, 0.15) is 0 Å². The Kier molecular flexibility index (Phi) is 9.17. The molecule has 0 saturated heterocycles. The van der Waals surface area contributed by atoms with Crippen molar-refractivity contribution >= 4 is 62.3 Å². The van der Waals surface area contributed by atoms with Gasteiger partial charge in [-0.15, -0.1) is 0 Å². The number of esters is 4. The predicted octanol–water partition coefficient (Wildman–Crippen LogP) is 5.71. The monoisotopic (exact) mass is 723 g/mol. The van der Waals surface area contributed by atoms with Gasteiger partial charge in [0, 0.05) is 33.6 Å². The van der Waals surface area contributed by atoms with Crippen molar-refractivity contribution in [3.05, 3.63) is 125 Å². The van der Waals surface area contributed by atoms with Crippen LogP contribution in [0.2, 0.25) is 0 Å². The lowest BCUT2D eigenvalue weighted by atomic mass is 9.59. The van der Waals surface area contributed by atoms with Crippen molar-refractivity contribution in [1.29, 1.82) is 0 Å². The minimum atomic E-state index is -0.905. The summed E-state index contributed by atoms with van der Waals surface area (Å²) >= 11 is 0. The molecule has 3 aliphatic carbocycles. The van der Waals surface area contributed by atoms with E-state index in [2.05, 4.69) is 71.6 Å². The number of benzene rings is 5. The molecule has 2 saturated carbocycles. The second kappa shape index (κ2) is 14.1. The fourth-order valence-electron chi connectivity index (χ4n) is 9.64. The van der Waals surface area contributed by atoms with Crippen molar-refractivity contribution < 1.29 is 38.1 Å². The fraction of sp³-hybridized carbons (Fsp3) is 0.289. The van der Waals surface area contributed by atoms with Crippen LogP contribution in [0.25, 0.3) is 32.7 Å². The zero-order valence-corrected chi connectivity index (χ0v) is 30.6. The van der Waals surface area contributed by atoms with Crippen LogP contribution < -0.4 is 15.3 Å². The van der Waals surface area contributed by atoms with E-state index in [9.17, 15) is 19.2 Å². The molecule has 9 nitrogen and oxygen atoms in total. The number of hydrogen-bond donors (Lipinski definition) is 0. The first-order valence-corrected chi connectivity index (χ1v) is 18.3. The highest BCUT2D eigenvalue weighted by Gasteiger charge is 2.65. The third-order valence-corrected chi connectivity index (χ3v) is 11.5. The van der Waals surface area contributed by atoms with Gasteiger partial charge in [0.05, 0.1) is 11.8 Å². The van der Waals surface area contributed by atoms with Gasteiger partial charge in [-0.1, -0.05) is 91.0 Å². The predicted molar refractivity (Wildman–Crippen MR) is 204 cm³/mol. The van der Waals surface area contributed by atoms with Crippen LogP contribution in [0.3, 0.4) is 0 Å². The number of ether oxygens (including phenoxy) is 4. The number of nitrogens with zero attached hydrogens (tertiary/aromatic N) is 1. The van der Waals surface area contributed by atoms with Gasteiger partial charge in [0.2, 0.25) is 13.6 Å². The van der Waals surface area contributed by atoms with Crippen LogP contribution in [-0.2, 0) is 38.1 Å². The summed E-state index contributed by atoms with van der Waals surface area (Å²) < 4.78 is 21.2. The molecule has 9 heteroatoms. The van der Waals surface area contributed by atoms with Crippen molar-refractivity contribution in [2.45, 2.75) is 20.3 Å². The second-order valence-corrected chi connectivity index (χ2v) is 14.6. The van der Waals surface area contributed by atoms with Crippen molar-refractivity contribution in [1.82, 2.24) is 0 Å². The molecule has 8 rings (SSSR count). The van der Waals surface area contributed by atoms with Crippen LogP contribution in [0, 0.1) is 35.5 Å². The van der Waals surface area contributed by atoms with E-state index in [-0.39, 0.29) is 23.7 Å². The van der Waals surface area contributed by atoms with Crippen LogP contribution in [-0.4, -0.2) is 51.6 Å². The van der Waals surface area contributed by atoms with E-state index in [1.54, 1.807) is 0 Å². The third kappa shape index (κ3) is 5.88. The molecule has 4 unspecified atom stereocenters. The Balaban J connectivity index is 1.48. The minimum absolute atomic E-state index is 0.193. The summed E-state index contributed by atoms with van der Waals surface area (Å²) in [5.41, 5.74) is 5.40. The molecule has 0 radical (unpaired) electrons. The van der Waals surface area contributed by atoms with Crippen LogP contribution in [0.1, 0.15) is 31.4 Å². The number of hydrogen-bond acceptors (Lipinski definition) is 9. The second-order valence-electron chi connectivity index (χ2n) is 14.6. The van der Waals surface area contributed by atoms with Crippen molar-refractivity contribution in [2.24, 2.45) is 35.5 Å². The van der Waals surface area contributed by atoms with Crippen LogP contribution in [0.4, 0.5) is 5.69 Å². The standard InChI is InChI=1S/C45H41NO8/c1-25(47)51-23-53-44(49)42-34-22-35(43(42)45(50)54-24-52-26(2)48)41-37(28-15-9-6-10-16-28)39-33-21-29(46(3)4)19-20-31(33)30-17-11-12-18-32(30)38(39)36(40(34)41)27-13-7-5-8-14-27/h5-21,34-35,40-43H,22-24H2,1-4H3/t34?,35?,40?,41?,42-,43+/m0/s1. The maximum Gasteiger partial charge on any atom is 0.313 e. The Morgan fingerprint density at radius 3 is 1.48 bits per heavy atom. The highest BCUT2D eigenvalue weighted by atomic mass is 16.7. The van der Waals surface area contributed by atoms with Gasteiger partial charge < -0.3 is 23.8 Å². The maximum atomic E-state index is 14.2. The average Bonchev–Trinajstić information content (AvgIpc) is 3.75. The number of carbonyl (C=O) groups is 4. The van der Waals surface area contributed by atoms with Gasteiger partial charge in [-0.05, 0) is 96.5 Å². The summed E-state index contributed by atoms with van der Waals surface area (Å²) in [6.07, 6.45) is 0.551. The maximum absolute atomic E-state index is 14.2. The molecule has 0 aliphatic heterocycles. The molecule has 0 spiro atoms. The van der Waals surface area contributed by atoms with Crippen molar-refractivity contribution in [3.8, 4) is 0 Å². The van der Waals surface area contributed by atoms with Gasteiger partial charge in [0.25, 0.3) is 0 Å². The Morgan fingerprint density at radius 1 is 0.556 bits per heavy atom. The SMILES string of the molecule is CC(=O)OCOC(=O)[C@@H]1C2CC(C3C(c4ccccc4)=c4c(c5cc(N(C)C)ccc5c5ccccc45)=C(c4ccccc4)C32)[C@@H]1C(=O)OCOC(C)=O. The fourth-order valence-corrected chi connectivity index (χ4v) is 9.64. The molecule has 3 aliphatic rings.